The van der Waals surface area contributed by atoms with E-state index < -0.39 is 5.97 Å². The van der Waals surface area contributed by atoms with E-state index in [0.717, 1.165) is 42.7 Å². The summed E-state index contributed by atoms with van der Waals surface area (Å²) in [5, 5.41) is 8.66. The number of para-hydroxylation sites is 1. The summed E-state index contributed by atoms with van der Waals surface area (Å²) in [5.74, 6) is 1.55. The van der Waals surface area contributed by atoms with Gasteiger partial charge in [-0.1, -0.05) is 30.3 Å². The Balaban J connectivity index is 1.39. The van der Waals surface area contributed by atoms with Gasteiger partial charge in [0.05, 0.1) is 12.7 Å². The molecule has 0 heterocycles. The van der Waals surface area contributed by atoms with E-state index in [2.05, 4.69) is 0 Å². The first-order valence-electron chi connectivity index (χ1n) is 8.84. The predicted octanol–water partition coefficient (Wildman–Crippen LogP) is 5.03. The van der Waals surface area contributed by atoms with Crippen molar-refractivity contribution in [3.8, 4) is 11.5 Å². The Bertz CT molecular complexity index is 677. The number of ether oxygens (including phenoxy) is 2. The van der Waals surface area contributed by atoms with Crippen molar-refractivity contribution in [1.82, 2.24) is 0 Å². The molecule has 1 saturated carbocycles. The number of carboxylic acids is 1. The van der Waals surface area contributed by atoms with Crippen molar-refractivity contribution < 1.29 is 19.4 Å². The van der Waals surface area contributed by atoms with Gasteiger partial charge in [0.25, 0.3) is 0 Å². The molecule has 3 rings (SSSR count). The van der Waals surface area contributed by atoms with Crippen LogP contribution >= 0.6 is 0 Å². The minimum Gasteiger partial charge on any atom is -0.481 e. The monoisotopic (exact) mass is 340 g/mol. The number of carboxylic acid groups (broad SMARTS) is 1. The highest BCUT2D eigenvalue weighted by atomic mass is 16.5. The van der Waals surface area contributed by atoms with Gasteiger partial charge >= 0.3 is 5.97 Å². The topological polar surface area (TPSA) is 55.8 Å². The summed E-state index contributed by atoms with van der Waals surface area (Å²) in [5.41, 5.74) is 1.10. The first-order chi connectivity index (χ1) is 12.2. The predicted molar refractivity (Wildman–Crippen MR) is 95.7 cm³/mol. The highest BCUT2D eigenvalue weighted by molar-refractivity contribution is 5.66. The summed E-state index contributed by atoms with van der Waals surface area (Å²) in [6, 6.07) is 17.7. The standard InChI is InChI=1S/C21H24O4/c22-21(23)11-5-6-16-12-20(13-16)24-15-17-7-4-10-19(14-17)25-18-8-2-1-3-9-18/h1-4,7-10,14,16,20H,5-6,11-13,15H2,(H,22,23). The van der Waals surface area contributed by atoms with Crippen molar-refractivity contribution in [1.29, 1.82) is 0 Å². The summed E-state index contributed by atoms with van der Waals surface area (Å²) in [6.45, 7) is 0.582. The second-order valence-corrected chi connectivity index (χ2v) is 6.62. The maximum atomic E-state index is 10.5. The Morgan fingerprint density at radius 2 is 1.80 bits per heavy atom. The Hall–Kier alpha value is -2.33. The van der Waals surface area contributed by atoms with E-state index in [-0.39, 0.29) is 6.42 Å². The van der Waals surface area contributed by atoms with Crippen molar-refractivity contribution in [3.05, 3.63) is 60.2 Å². The van der Waals surface area contributed by atoms with Gasteiger partial charge in [-0.05, 0) is 61.4 Å². The van der Waals surface area contributed by atoms with Crippen LogP contribution in [-0.4, -0.2) is 17.2 Å². The molecule has 0 aromatic heterocycles. The fraction of sp³-hybridized carbons (Fsp3) is 0.381. The van der Waals surface area contributed by atoms with Crippen molar-refractivity contribution in [3.63, 3.8) is 0 Å². The van der Waals surface area contributed by atoms with Gasteiger partial charge < -0.3 is 14.6 Å². The van der Waals surface area contributed by atoms with E-state index in [1.54, 1.807) is 0 Å². The van der Waals surface area contributed by atoms with Crippen LogP contribution in [0.25, 0.3) is 0 Å². The van der Waals surface area contributed by atoms with Crippen LogP contribution in [0.5, 0.6) is 11.5 Å². The first-order valence-corrected chi connectivity index (χ1v) is 8.84. The largest absolute Gasteiger partial charge is 0.481 e. The molecule has 4 nitrogen and oxygen atoms in total. The quantitative estimate of drug-likeness (QED) is 0.695. The molecule has 0 amide bonds. The molecule has 0 bridgehead atoms. The minimum atomic E-state index is -0.704. The maximum absolute atomic E-state index is 10.5. The molecule has 0 unspecified atom stereocenters. The maximum Gasteiger partial charge on any atom is 0.303 e. The lowest BCUT2D eigenvalue weighted by atomic mass is 9.79. The van der Waals surface area contributed by atoms with E-state index in [9.17, 15) is 4.79 Å². The first kappa shape index (κ1) is 17.5. The molecule has 1 aliphatic carbocycles. The van der Waals surface area contributed by atoms with Gasteiger partial charge in [0.2, 0.25) is 0 Å². The van der Waals surface area contributed by atoms with E-state index in [4.69, 9.17) is 14.6 Å². The van der Waals surface area contributed by atoms with Gasteiger partial charge in [-0.25, -0.2) is 0 Å². The number of aliphatic carboxylic acids is 1. The van der Waals surface area contributed by atoms with E-state index in [1.807, 2.05) is 54.6 Å². The zero-order chi connectivity index (χ0) is 17.5. The number of hydrogen-bond donors (Lipinski definition) is 1. The van der Waals surface area contributed by atoms with Crippen LogP contribution in [0.15, 0.2) is 54.6 Å². The summed E-state index contributed by atoms with van der Waals surface area (Å²) in [4.78, 5) is 10.5. The molecule has 25 heavy (non-hydrogen) atoms. The normalized spacial score (nSPS) is 19.2. The molecular formula is C21H24O4. The smallest absolute Gasteiger partial charge is 0.303 e. The van der Waals surface area contributed by atoms with Crippen molar-refractivity contribution in [2.45, 2.75) is 44.8 Å². The summed E-state index contributed by atoms with van der Waals surface area (Å²) in [6.07, 6.45) is 4.42. The van der Waals surface area contributed by atoms with Crippen molar-refractivity contribution in [2.24, 2.45) is 5.92 Å². The highest BCUT2D eigenvalue weighted by Crippen LogP contribution is 2.34. The van der Waals surface area contributed by atoms with Crippen LogP contribution in [0.3, 0.4) is 0 Å². The molecular weight excluding hydrogens is 316 g/mol. The number of benzene rings is 2. The molecule has 2 aromatic carbocycles. The van der Waals surface area contributed by atoms with E-state index >= 15 is 0 Å². The third-order valence-corrected chi connectivity index (χ3v) is 4.56. The Labute approximate surface area is 148 Å². The summed E-state index contributed by atoms with van der Waals surface area (Å²) < 4.78 is 11.8. The number of rotatable bonds is 9. The molecule has 0 spiro atoms. The molecule has 0 atom stereocenters. The van der Waals surface area contributed by atoms with Crippen LogP contribution < -0.4 is 4.74 Å². The fourth-order valence-corrected chi connectivity index (χ4v) is 3.13. The third-order valence-electron chi connectivity index (χ3n) is 4.56. The fourth-order valence-electron chi connectivity index (χ4n) is 3.13. The summed E-state index contributed by atoms with van der Waals surface area (Å²) >= 11 is 0. The molecule has 1 N–H and O–H groups in total. The number of hydrogen-bond acceptors (Lipinski definition) is 3. The van der Waals surface area contributed by atoms with E-state index in [0.29, 0.717) is 18.6 Å². The Morgan fingerprint density at radius 3 is 2.56 bits per heavy atom. The summed E-state index contributed by atoms with van der Waals surface area (Å²) in [7, 11) is 0. The average Bonchev–Trinajstić information content (AvgIpc) is 2.57. The lowest BCUT2D eigenvalue weighted by Crippen LogP contribution is -2.31. The van der Waals surface area contributed by atoms with Crippen LogP contribution in [0.4, 0.5) is 0 Å². The van der Waals surface area contributed by atoms with Crippen molar-refractivity contribution >= 4 is 5.97 Å². The zero-order valence-electron chi connectivity index (χ0n) is 14.3. The minimum absolute atomic E-state index is 0.274. The molecule has 2 aromatic rings. The molecule has 132 valence electrons. The molecule has 1 aliphatic rings. The second-order valence-electron chi connectivity index (χ2n) is 6.62. The Morgan fingerprint density at radius 1 is 1.04 bits per heavy atom. The molecule has 4 heteroatoms. The zero-order valence-corrected chi connectivity index (χ0v) is 14.3. The van der Waals surface area contributed by atoms with Crippen LogP contribution in [0.1, 0.15) is 37.7 Å². The number of carbonyl (C=O) groups is 1. The van der Waals surface area contributed by atoms with Crippen LogP contribution in [0.2, 0.25) is 0 Å². The van der Waals surface area contributed by atoms with Crippen molar-refractivity contribution in [2.75, 3.05) is 0 Å². The SMILES string of the molecule is O=C(O)CCCC1CC(OCc2cccc(Oc3ccccc3)c2)C1. The average molecular weight is 340 g/mol. The van der Waals surface area contributed by atoms with Gasteiger partial charge in [-0.3, -0.25) is 4.79 Å². The second kappa shape index (κ2) is 8.67. The van der Waals surface area contributed by atoms with Crippen LogP contribution in [-0.2, 0) is 16.1 Å². The van der Waals surface area contributed by atoms with Gasteiger partial charge in [-0.2, -0.15) is 0 Å². The Kier molecular flexibility index (Phi) is 6.07. The molecule has 1 fully saturated rings. The van der Waals surface area contributed by atoms with Gasteiger partial charge in [0.15, 0.2) is 0 Å². The lowest BCUT2D eigenvalue weighted by Gasteiger charge is -2.35. The third kappa shape index (κ3) is 5.61. The molecule has 0 saturated heterocycles. The van der Waals surface area contributed by atoms with Gasteiger partial charge in [0.1, 0.15) is 11.5 Å². The lowest BCUT2D eigenvalue weighted by molar-refractivity contribution is -0.137. The van der Waals surface area contributed by atoms with E-state index in [1.165, 1.54) is 0 Å². The molecule has 0 radical (unpaired) electrons. The van der Waals surface area contributed by atoms with Gasteiger partial charge in [0, 0.05) is 6.42 Å². The highest BCUT2D eigenvalue weighted by Gasteiger charge is 2.29. The van der Waals surface area contributed by atoms with Gasteiger partial charge in [-0.15, -0.1) is 0 Å². The molecule has 0 aliphatic heterocycles. The van der Waals surface area contributed by atoms with Crippen LogP contribution in [0, 0.1) is 5.92 Å².